The predicted molar refractivity (Wildman–Crippen MR) is 120 cm³/mol. The van der Waals surface area contributed by atoms with Crippen LogP contribution in [0.3, 0.4) is 0 Å². The largest absolute Gasteiger partial charge is 0.463 e. The minimum atomic E-state index is -0.393. The van der Waals surface area contributed by atoms with E-state index in [2.05, 4.69) is 26.1 Å². The van der Waals surface area contributed by atoms with E-state index in [1.807, 2.05) is 13.8 Å². The lowest BCUT2D eigenvalue weighted by Gasteiger charge is -2.29. The summed E-state index contributed by atoms with van der Waals surface area (Å²) in [5.41, 5.74) is 0.942. The van der Waals surface area contributed by atoms with Crippen molar-refractivity contribution in [1.82, 2.24) is 14.8 Å². The maximum Gasteiger partial charge on any atom is 0.333 e. The lowest BCUT2D eigenvalue weighted by molar-refractivity contribution is -0.138. The molecule has 0 radical (unpaired) electrons. The Morgan fingerprint density at radius 3 is 2.20 bits per heavy atom. The van der Waals surface area contributed by atoms with Gasteiger partial charge in [0.15, 0.2) is 0 Å². The first kappa shape index (κ1) is 27.4. The molecule has 0 saturated carbocycles. The van der Waals surface area contributed by atoms with Crippen LogP contribution in [-0.4, -0.2) is 53.5 Å². The number of carbonyl (C=O) groups is 3. The molecule has 0 spiro atoms. The van der Waals surface area contributed by atoms with Crippen LogP contribution < -0.4 is 5.32 Å². The molecule has 170 valence electrons. The number of nitrogens with one attached hydrogen (secondary N) is 1. The van der Waals surface area contributed by atoms with Gasteiger partial charge in [0.2, 0.25) is 5.91 Å². The molecule has 0 unspecified atom stereocenters. The van der Waals surface area contributed by atoms with Crippen LogP contribution in [0.25, 0.3) is 0 Å². The maximum atomic E-state index is 12.5. The van der Waals surface area contributed by atoms with Gasteiger partial charge >= 0.3 is 5.97 Å². The summed E-state index contributed by atoms with van der Waals surface area (Å²) in [6.45, 7) is 14.0. The Kier molecular flexibility index (Phi) is 12.4. The number of ether oxygens (including phenoxy) is 1. The molecule has 1 aromatic rings. The molecule has 1 heterocycles. The van der Waals surface area contributed by atoms with E-state index in [0.29, 0.717) is 17.9 Å². The van der Waals surface area contributed by atoms with E-state index < -0.39 is 5.97 Å². The zero-order chi connectivity index (χ0) is 23.4. The SMILES string of the molecule is CC(C)C.CCOC(=O)/C(C)=C/[C@H](C(C)C)N(C)C(=O)CNC(=O)c1cccn1C. The molecule has 1 N–H and O–H groups in total. The van der Waals surface area contributed by atoms with E-state index in [9.17, 15) is 14.4 Å². The summed E-state index contributed by atoms with van der Waals surface area (Å²) < 4.78 is 6.67. The van der Waals surface area contributed by atoms with Gasteiger partial charge in [-0.05, 0) is 37.8 Å². The zero-order valence-corrected chi connectivity index (χ0v) is 20.0. The van der Waals surface area contributed by atoms with Crippen molar-refractivity contribution in [2.75, 3.05) is 20.2 Å². The van der Waals surface area contributed by atoms with Crippen LogP contribution in [0.15, 0.2) is 30.0 Å². The Morgan fingerprint density at radius 2 is 1.77 bits per heavy atom. The van der Waals surface area contributed by atoms with Gasteiger partial charge in [0, 0.05) is 25.9 Å². The molecule has 0 bridgehead atoms. The van der Waals surface area contributed by atoms with Crippen LogP contribution in [0.4, 0.5) is 0 Å². The molecule has 0 aliphatic rings. The van der Waals surface area contributed by atoms with E-state index in [-0.39, 0.29) is 30.3 Å². The van der Waals surface area contributed by atoms with Crippen molar-refractivity contribution in [2.24, 2.45) is 18.9 Å². The van der Waals surface area contributed by atoms with Gasteiger partial charge in [-0.2, -0.15) is 0 Å². The van der Waals surface area contributed by atoms with E-state index in [4.69, 9.17) is 4.74 Å². The van der Waals surface area contributed by atoms with Crippen LogP contribution >= 0.6 is 0 Å². The first-order chi connectivity index (χ1) is 13.9. The monoisotopic (exact) mass is 421 g/mol. The van der Waals surface area contributed by atoms with Crippen molar-refractivity contribution in [3.8, 4) is 0 Å². The Bertz CT molecular complexity index is 717. The summed E-state index contributed by atoms with van der Waals surface area (Å²) in [7, 11) is 3.43. The number of nitrogens with zero attached hydrogens (tertiary/aromatic N) is 2. The number of amides is 2. The van der Waals surface area contributed by atoms with Crippen LogP contribution in [0.1, 0.15) is 59.0 Å². The van der Waals surface area contributed by atoms with Gasteiger partial charge in [-0.15, -0.1) is 0 Å². The summed E-state index contributed by atoms with van der Waals surface area (Å²) in [5, 5.41) is 2.63. The third-order valence-corrected chi connectivity index (χ3v) is 4.12. The Hall–Kier alpha value is -2.57. The second-order valence-corrected chi connectivity index (χ2v) is 8.23. The van der Waals surface area contributed by atoms with E-state index in [1.165, 1.54) is 0 Å². The molecular formula is C23H39N3O4. The third kappa shape index (κ3) is 9.76. The minimum Gasteiger partial charge on any atom is -0.463 e. The Balaban J connectivity index is 0.00000192. The summed E-state index contributed by atoms with van der Waals surface area (Å²) in [6.07, 6.45) is 3.50. The lowest BCUT2D eigenvalue weighted by atomic mass is 10.00. The summed E-state index contributed by atoms with van der Waals surface area (Å²) in [5.74, 6) is -0.00864. The summed E-state index contributed by atoms with van der Waals surface area (Å²) in [4.78, 5) is 38.0. The number of esters is 1. The van der Waals surface area contributed by atoms with Crippen molar-refractivity contribution in [3.05, 3.63) is 35.7 Å². The van der Waals surface area contributed by atoms with Crippen molar-refractivity contribution < 1.29 is 19.1 Å². The minimum absolute atomic E-state index is 0.0944. The normalized spacial score (nSPS) is 12.2. The number of rotatable bonds is 8. The first-order valence-corrected chi connectivity index (χ1v) is 10.4. The molecule has 7 heteroatoms. The molecule has 0 fully saturated rings. The molecule has 0 aliphatic heterocycles. The van der Waals surface area contributed by atoms with Gasteiger partial charge in [-0.1, -0.05) is 40.7 Å². The molecule has 30 heavy (non-hydrogen) atoms. The highest BCUT2D eigenvalue weighted by Crippen LogP contribution is 2.14. The number of hydrogen-bond donors (Lipinski definition) is 1. The molecule has 1 aromatic heterocycles. The molecular weight excluding hydrogens is 382 g/mol. The molecule has 1 atom stereocenters. The number of carbonyl (C=O) groups excluding carboxylic acids is 3. The number of hydrogen-bond acceptors (Lipinski definition) is 4. The third-order valence-electron chi connectivity index (χ3n) is 4.12. The van der Waals surface area contributed by atoms with Gasteiger partial charge < -0.3 is 19.5 Å². The number of aromatic nitrogens is 1. The molecule has 2 amide bonds. The summed E-state index contributed by atoms with van der Waals surface area (Å²) >= 11 is 0. The van der Waals surface area contributed by atoms with Gasteiger partial charge in [0.25, 0.3) is 5.91 Å². The van der Waals surface area contributed by atoms with Gasteiger partial charge in [-0.25, -0.2) is 4.79 Å². The smallest absolute Gasteiger partial charge is 0.333 e. The quantitative estimate of drug-likeness (QED) is 0.515. The number of likely N-dealkylation sites (N-methyl/N-ethyl adjacent to an activating group) is 1. The maximum absolute atomic E-state index is 12.5. The molecule has 0 aliphatic carbocycles. The highest BCUT2D eigenvalue weighted by atomic mass is 16.5. The van der Waals surface area contributed by atoms with Crippen LogP contribution in [0.5, 0.6) is 0 Å². The van der Waals surface area contributed by atoms with Gasteiger partial charge in [0.05, 0.1) is 19.2 Å². The van der Waals surface area contributed by atoms with E-state index in [0.717, 1.165) is 5.92 Å². The van der Waals surface area contributed by atoms with Crippen LogP contribution in [0.2, 0.25) is 0 Å². The fourth-order valence-electron chi connectivity index (χ4n) is 2.56. The molecule has 0 aromatic carbocycles. The van der Waals surface area contributed by atoms with Crippen molar-refractivity contribution in [1.29, 1.82) is 0 Å². The highest BCUT2D eigenvalue weighted by Gasteiger charge is 2.23. The zero-order valence-electron chi connectivity index (χ0n) is 20.0. The Morgan fingerprint density at radius 1 is 1.20 bits per heavy atom. The molecule has 1 rings (SSSR count). The summed E-state index contributed by atoms with van der Waals surface area (Å²) in [6, 6.07) is 3.17. The topological polar surface area (TPSA) is 80.6 Å². The standard InChI is InChI=1S/C19H29N3O4.C4H10/c1-7-26-19(25)14(4)11-16(13(2)3)22(6)17(23)12-20-18(24)15-9-8-10-21(15)5;1-4(2)3/h8-11,13,16H,7,12H2,1-6H3,(H,20,24);4H,1-3H3/b14-11+;/t16-;/m1./s1. The Labute approximate surface area is 181 Å². The average Bonchev–Trinajstić information content (AvgIpc) is 3.08. The van der Waals surface area contributed by atoms with Crippen LogP contribution in [-0.2, 0) is 21.4 Å². The van der Waals surface area contributed by atoms with E-state index in [1.54, 1.807) is 61.8 Å². The van der Waals surface area contributed by atoms with Gasteiger partial charge in [-0.3, -0.25) is 9.59 Å². The fraction of sp³-hybridized carbons (Fsp3) is 0.609. The van der Waals surface area contributed by atoms with Gasteiger partial charge in [0.1, 0.15) is 5.69 Å². The average molecular weight is 422 g/mol. The molecule has 7 nitrogen and oxygen atoms in total. The number of aryl methyl sites for hydroxylation is 1. The lowest BCUT2D eigenvalue weighted by Crippen LogP contribution is -2.45. The van der Waals surface area contributed by atoms with Crippen LogP contribution in [0, 0.1) is 11.8 Å². The van der Waals surface area contributed by atoms with E-state index >= 15 is 0 Å². The van der Waals surface area contributed by atoms with Crippen molar-refractivity contribution in [2.45, 2.75) is 54.5 Å². The fourth-order valence-corrected chi connectivity index (χ4v) is 2.56. The second-order valence-electron chi connectivity index (χ2n) is 8.23. The second kappa shape index (κ2) is 13.6. The highest BCUT2D eigenvalue weighted by molar-refractivity contribution is 5.95. The van der Waals surface area contributed by atoms with Crippen molar-refractivity contribution in [3.63, 3.8) is 0 Å². The van der Waals surface area contributed by atoms with Crippen molar-refractivity contribution >= 4 is 17.8 Å². The predicted octanol–water partition coefficient (Wildman–Crippen LogP) is 3.41. The molecule has 0 saturated heterocycles. The first-order valence-electron chi connectivity index (χ1n) is 10.4.